The van der Waals surface area contributed by atoms with E-state index in [0.29, 0.717) is 45.6 Å². The number of aliphatic hydroxyl groups excluding tert-OH is 1. The van der Waals surface area contributed by atoms with Gasteiger partial charge in [-0.25, -0.2) is 9.97 Å². The number of fused-ring (bicyclic) bond motifs is 1. The molecule has 9 nitrogen and oxygen atoms in total. The van der Waals surface area contributed by atoms with Gasteiger partial charge in [0.25, 0.3) is 5.91 Å². The van der Waals surface area contributed by atoms with Crippen molar-refractivity contribution in [2.24, 2.45) is 0 Å². The van der Waals surface area contributed by atoms with Crippen LogP contribution in [0.25, 0.3) is 22.6 Å². The number of nitrogens with one attached hydrogen (secondary N) is 1. The van der Waals surface area contributed by atoms with Gasteiger partial charge < -0.3 is 19.7 Å². The number of carbonyl (C=O) groups excluding carboxylic acids is 1. The van der Waals surface area contributed by atoms with Gasteiger partial charge in [0, 0.05) is 23.9 Å². The highest BCUT2D eigenvalue weighted by molar-refractivity contribution is 6.33. The van der Waals surface area contributed by atoms with Crippen molar-refractivity contribution in [2.45, 2.75) is 38.8 Å². The number of aliphatic hydroxyl groups is 1. The molecule has 2 N–H and O–H groups in total. The third-order valence-corrected chi connectivity index (χ3v) is 6.27. The molecule has 0 saturated heterocycles. The number of ether oxygens (including phenoxy) is 1. The molecule has 3 heterocycles. The van der Waals surface area contributed by atoms with Gasteiger partial charge in [0.05, 0.1) is 23.9 Å². The molecule has 0 aliphatic heterocycles. The highest BCUT2D eigenvalue weighted by atomic mass is 35.5. The number of aryl methyl sites for hydroxylation is 1. The second-order valence-electron chi connectivity index (χ2n) is 8.92. The molecule has 35 heavy (non-hydrogen) atoms. The molecule has 4 aromatic rings. The van der Waals surface area contributed by atoms with Crippen LogP contribution in [-0.4, -0.2) is 54.3 Å². The lowest BCUT2D eigenvalue weighted by atomic mass is 10.1. The maximum absolute atomic E-state index is 12.3. The lowest BCUT2D eigenvalue weighted by Crippen LogP contribution is -2.26. The molecule has 180 valence electrons. The van der Waals surface area contributed by atoms with E-state index in [1.165, 1.54) is 6.33 Å². The molecule has 10 heteroatoms. The van der Waals surface area contributed by atoms with Gasteiger partial charge in [-0.05, 0) is 62.6 Å². The van der Waals surface area contributed by atoms with Crippen molar-refractivity contribution >= 4 is 28.7 Å². The zero-order chi connectivity index (χ0) is 24.6. The molecule has 1 fully saturated rings. The minimum absolute atomic E-state index is 0.140. The first-order valence-electron chi connectivity index (χ1n) is 11.4. The van der Waals surface area contributed by atoms with E-state index in [4.69, 9.17) is 26.4 Å². The van der Waals surface area contributed by atoms with Gasteiger partial charge in [-0.1, -0.05) is 11.6 Å². The summed E-state index contributed by atoms with van der Waals surface area (Å²) >= 11 is 6.66. The van der Waals surface area contributed by atoms with Gasteiger partial charge in [0.1, 0.15) is 17.8 Å². The summed E-state index contributed by atoms with van der Waals surface area (Å²) < 4.78 is 8.11. The van der Waals surface area contributed by atoms with Crippen LogP contribution < -0.4 is 10.1 Å². The average Bonchev–Trinajstić information content (AvgIpc) is 3.45. The number of halogens is 1. The second kappa shape index (κ2) is 9.24. The molecule has 1 aliphatic rings. The fraction of sp³-hybridized carbons (Fsp3) is 0.320. The Morgan fingerprint density at radius 1 is 1.23 bits per heavy atom. The van der Waals surface area contributed by atoms with Crippen LogP contribution in [0.3, 0.4) is 0 Å². The van der Waals surface area contributed by atoms with E-state index >= 15 is 0 Å². The number of hydrogen-bond donors (Lipinski definition) is 2. The van der Waals surface area contributed by atoms with E-state index in [-0.39, 0.29) is 24.7 Å². The number of rotatable bonds is 8. The van der Waals surface area contributed by atoms with Crippen LogP contribution in [0.2, 0.25) is 5.02 Å². The lowest BCUT2D eigenvalue weighted by molar-refractivity contribution is 0.0944. The quantitative estimate of drug-likeness (QED) is 0.386. The van der Waals surface area contributed by atoms with Gasteiger partial charge in [0.15, 0.2) is 11.2 Å². The number of carbonyl (C=O) groups is 1. The third-order valence-electron chi connectivity index (χ3n) is 5.96. The number of nitrogens with zero attached hydrogens (tertiary/aromatic N) is 5. The summed E-state index contributed by atoms with van der Waals surface area (Å²) in [5.74, 6) is 0.689. The third kappa shape index (κ3) is 4.82. The zero-order valence-electron chi connectivity index (χ0n) is 19.5. The van der Waals surface area contributed by atoms with Gasteiger partial charge in [0.2, 0.25) is 5.88 Å². The van der Waals surface area contributed by atoms with Crippen LogP contribution in [0, 0.1) is 6.92 Å². The first kappa shape index (κ1) is 23.2. The summed E-state index contributed by atoms with van der Waals surface area (Å²) in [6.45, 7) is 4.50. The molecule has 0 atom stereocenters. The van der Waals surface area contributed by atoms with Crippen molar-refractivity contribution in [3.63, 3.8) is 0 Å². The Labute approximate surface area is 207 Å². The van der Waals surface area contributed by atoms with Crippen LogP contribution in [0.15, 0.2) is 42.9 Å². The monoisotopic (exact) mass is 492 g/mol. The number of aromatic nitrogens is 5. The Balaban J connectivity index is 1.62. The van der Waals surface area contributed by atoms with Crippen LogP contribution >= 0.6 is 11.6 Å². The standard InChI is InChI=1S/C25H25ClN6O3/c1-15-5-8-27-17(11-15)13-32-21(18-4-3-16(12-19(18)26)23(34)28-9-10-33)31-20-22(32)29-14-30-24(20)35-25(2)6-7-25/h3-5,8,11-12,14,33H,6-7,9-10,13H2,1-2H3,(H,28,34). The number of hydrogen-bond acceptors (Lipinski definition) is 7. The van der Waals surface area contributed by atoms with Crippen LogP contribution in [0.5, 0.6) is 5.88 Å². The van der Waals surface area contributed by atoms with Crippen molar-refractivity contribution in [3.8, 4) is 17.3 Å². The zero-order valence-corrected chi connectivity index (χ0v) is 20.2. The molecule has 0 bridgehead atoms. The summed E-state index contributed by atoms with van der Waals surface area (Å²) in [6.07, 6.45) is 5.18. The van der Waals surface area contributed by atoms with Crippen molar-refractivity contribution in [2.75, 3.05) is 13.2 Å². The van der Waals surface area contributed by atoms with E-state index in [0.717, 1.165) is 24.1 Å². The number of benzene rings is 1. The Morgan fingerprint density at radius 2 is 2.06 bits per heavy atom. The first-order chi connectivity index (χ1) is 16.9. The molecule has 0 radical (unpaired) electrons. The number of imidazole rings is 1. The van der Waals surface area contributed by atoms with E-state index in [1.54, 1.807) is 24.4 Å². The summed E-state index contributed by atoms with van der Waals surface area (Å²) in [6, 6.07) is 8.98. The van der Waals surface area contributed by atoms with Crippen molar-refractivity contribution in [3.05, 3.63) is 64.7 Å². The summed E-state index contributed by atoms with van der Waals surface area (Å²) in [5, 5.41) is 12.0. The molecular formula is C25H25ClN6O3. The highest BCUT2D eigenvalue weighted by Gasteiger charge is 2.41. The molecule has 5 rings (SSSR count). The minimum atomic E-state index is -0.316. The summed E-state index contributed by atoms with van der Waals surface area (Å²) in [5.41, 5.74) is 3.89. The smallest absolute Gasteiger partial charge is 0.251 e. The predicted octanol–water partition coefficient (Wildman–Crippen LogP) is 3.55. The maximum atomic E-state index is 12.3. The van der Waals surface area contributed by atoms with Crippen molar-refractivity contribution < 1.29 is 14.6 Å². The fourth-order valence-electron chi connectivity index (χ4n) is 3.81. The van der Waals surface area contributed by atoms with Crippen LogP contribution in [0.4, 0.5) is 0 Å². The van der Waals surface area contributed by atoms with Gasteiger partial charge >= 0.3 is 0 Å². The molecule has 1 saturated carbocycles. The minimum Gasteiger partial charge on any atom is -0.470 e. The summed E-state index contributed by atoms with van der Waals surface area (Å²) in [7, 11) is 0. The predicted molar refractivity (Wildman–Crippen MR) is 132 cm³/mol. The van der Waals surface area contributed by atoms with Crippen LogP contribution in [0.1, 0.15) is 41.4 Å². The molecule has 0 unspecified atom stereocenters. The normalized spacial score (nSPS) is 14.2. The van der Waals surface area contributed by atoms with Crippen molar-refractivity contribution in [1.29, 1.82) is 0 Å². The first-order valence-corrected chi connectivity index (χ1v) is 11.8. The SMILES string of the molecule is Cc1ccnc(Cn2c(-c3ccc(C(=O)NCCO)cc3Cl)nc3c(OC4(C)CC4)ncnc32)c1. The van der Waals surface area contributed by atoms with E-state index in [2.05, 4.69) is 20.3 Å². The highest BCUT2D eigenvalue weighted by Crippen LogP contribution is 2.41. The second-order valence-corrected chi connectivity index (χ2v) is 9.33. The molecule has 1 aliphatic carbocycles. The number of amides is 1. The molecule has 1 amide bonds. The fourth-order valence-corrected chi connectivity index (χ4v) is 4.08. The topological polar surface area (TPSA) is 115 Å². The molecule has 3 aromatic heterocycles. The number of pyridine rings is 1. The largest absolute Gasteiger partial charge is 0.470 e. The average molecular weight is 493 g/mol. The molecular weight excluding hydrogens is 468 g/mol. The maximum Gasteiger partial charge on any atom is 0.251 e. The van der Waals surface area contributed by atoms with E-state index in [1.807, 2.05) is 30.5 Å². The summed E-state index contributed by atoms with van der Waals surface area (Å²) in [4.78, 5) is 30.6. The van der Waals surface area contributed by atoms with Crippen LogP contribution in [-0.2, 0) is 6.54 Å². The lowest BCUT2D eigenvalue weighted by Gasteiger charge is -2.12. The van der Waals surface area contributed by atoms with E-state index < -0.39 is 0 Å². The Morgan fingerprint density at radius 3 is 2.77 bits per heavy atom. The van der Waals surface area contributed by atoms with Crippen molar-refractivity contribution in [1.82, 2.24) is 29.8 Å². The molecule has 0 spiro atoms. The van der Waals surface area contributed by atoms with E-state index in [9.17, 15) is 4.79 Å². The Bertz CT molecular complexity index is 1420. The Kier molecular flexibility index (Phi) is 6.12. The van der Waals surface area contributed by atoms with Gasteiger partial charge in [-0.2, -0.15) is 4.98 Å². The van der Waals surface area contributed by atoms with Gasteiger partial charge in [-0.15, -0.1) is 0 Å². The van der Waals surface area contributed by atoms with Gasteiger partial charge in [-0.3, -0.25) is 9.78 Å². The Hall–Kier alpha value is -3.56. The molecule has 1 aromatic carbocycles.